The molecule has 2 aliphatic heterocycles. The van der Waals surface area contributed by atoms with Gasteiger partial charge in [0.1, 0.15) is 5.75 Å². The van der Waals surface area contributed by atoms with Gasteiger partial charge in [-0.15, -0.1) is 13.2 Å². The van der Waals surface area contributed by atoms with Crippen molar-refractivity contribution in [2.24, 2.45) is 11.8 Å². The summed E-state index contributed by atoms with van der Waals surface area (Å²) in [5.41, 5.74) is 0.632. The fourth-order valence-electron chi connectivity index (χ4n) is 3.18. The van der Waals surface area contributed by atoms with Crippen molar-refractivity contribution in [1.82, 2.24) is 0 Å². The van der Waals surface area contributed by atoms with Gasteiger partial charge in [-0.3, -0.25) is 0 Å². The molecule has 0 spiro atoms. The third-order valence-electron chi connectivity index (χ3n) is 4.65. The fourth-order valence-corrected chi connectivity index (χ4v) is 3.18. The van der Waals surface area contributed by atoms with Gasteiger partial charge in [0.25, 0.3) is 0 Å². The minimum absolute atomic E-state index is 0.0267. The van der Waals surface area contributed by atoms with Crippen LogP contribution in [-0.2, 0) is 18.9 Å². The first-order valence-corrected chi connectivity index (χ1v) is 9.26. The van der Waals surface area contributed by atoms with Crippen LogP contribution < -0.4 is 4.74 Å². The largest absolute Gasteiger partial charge is 0.573 e. The zero-order chi connectivity index (χ0) is 19.3. The first kappa shape index (κ1) is 20.4. The van der Waals surface area contributed by atoms with E-state index in [-0.39, 0.29) is 18.0 Å². The summed E-state index contributed by atoms with van der Waals surface area (Å²) in [6, 6.07) is 5.48. The maximum atomic E-state index is 12.2. The predicted octanol–water partition coefficient (Wildman–Crippen LogP) is 4.43. The van der Waals surface area contributed by atoms with Gasteiger partial charge in [-0.2, -0.15) is 0 Å². The van der Waals surface area contributed by atoms with Crippen molar-refractivity contribution in [2.45, 2.75) is 45.1 Å². The molecule has 0 radical (unpaired) electrons. The lowest BCUT2D eigenvalue weighted by atomic mass is 10.0. The summed E-state index contributed by atoms with van der Waals surface area (Å²) >= 11 is 0. The monoisotopic (exact) mass is 390 g/mol. The lowest BCUT2D eigenvalue weighted by Gasteiger charge is -2.37. The number of hydrogen-bond donors (Lipinski definition) is 0. The van der Waals surface area contributed by atoms with E-state index in [4.69, 9.17) is 18.9 Å². The van der Waals surface area contributed by atoms with Crippen molar-refractivity contribution in [3.05, 3.63) is 29.8 Å². The Balaban J connectivity index is 1.44. The molecule has 0 amide bonds. The number of halogens is 3. The third kappa shape index (κ3) is 6.07. The average molecular weight is 390 g/mol. The molecule has 27 heavy (non-hydrogen) atoms. The highest BCUT2D eigenvalue weighted by Gasteiger charge is 2.34. The third-order valence-corrected chi connectivity index (χ3v) is 4.65. The van der Waals surface area contributed by atoms with Crippen LogP contribution in [0.25, 0.3) is 0 Å². The molecule has 1 aromatic rings. The summed E-state index contributed by atoms with van der Waals surface area (Å²) in [5, 5.41) is 0. The second-order valence-corrected chi connectivity index (χ2v) is 6.92. The second kappa shape index (κ2) is 9.23. The van der Waals surface area contributed by atoms with Gasteiger partial charge in [0.05, 0.1) is 32.3 Å². The molecule has 2 fully saturated rings. The molecule has 152 valence electrons. The Hall–Kier alpha value is -1.35. The highest BCUT2D eigenvalue weighted by molar-refractivity contribution is 5.28. The van der Waals surface area contributed by atoms with Gasteiger partial charge in [0.15, 0.2) is 12.6 Å². The Morgan fingerprint density at radius 2 is 1.59 bits per heavy atom. The van der Waals surface area contributed by atoms with E-state index in [1.807, 2.05) is 0 Å². The van der Waals surface area contributed by atoms with E-state index in [9.17, 15) is 13.2 Å². The summed E-state index contributed by atoms with van der Waals surface area (Å²) in [4.78, 5) is 0. The fraction of sp³-hybridized carbons (Fsp3) is 0.684. The lowest BCUT2D eigenvalue weighted by molar-refractivity contribution is -0.283. The van der Waals surface area contributed by atoms with Crippen LogP contribution in [0.2, 0.25) is 0 Å². The summed E-state index contributed by atoms with van der Waals surface area (Å²) < 4.78 is 63.6. The highest BCUT2D eigenvalue weighted by Crippen LogP contribution is 2.31. The molecule has 2 aliphatic rings. The Kier molecular flexibility index (Phi) is 6.97. The van der Waals surface area contributed by atoms with E-state index >= 15 is 0 Å². The number of benzene rings is 1. The molecule has 0 bridgehead atoms. The molecule has 0 saturated carbocycles. The first-order valence-electron chi connectivity index (χ1n) is 9.26. The molecule has 8 heteroatoms. The minimum Gasteiger partial charge on any atom is -0.406 e. The molecule has 0 unspecified atom stereocenters. The summed E-state index contributed by atoms with van der Waals surface area (Å²) in [6.07, 6.45) is -2.23. The van der Waals surface area contributed by atoms with Gasteiger partial charge < -0.3 is 23.7 Å². The molecule has 0 atom stereocenters. The topological polar surface area (TPSA) is 46.2 Å². The standard InChI is InChI=1S/C19H25F3O5/c1-2-3-4-13-9-23-18(24-10-13)15-11-25-17(26-12-15)14-5-7-16(8-6-14)27-19(20,21)22/h5-8,13,15,17-18H,2-4,9-12H2,1H3. The predicted molar refractivity (Wildman–Crippen MR) is 90.0 cm³/mol. The van der Waals surface area contributed by atoms with Crippen molar-refractivity contribution in [2.75, 3.05) is 26.4 Å². The van der Waals surface area contributed by atoms with Crippen molar-refractivity contribution in [3.8, 4) is 5.75 Å². The smallest absolute Gasteiger partial charge is 0.406 e. The molecule has 2 heterocycles. The van der Waals surface area contributed by atoms with Crippen LogP contribution >= 0.6 is 0 Å². The van der Waals surface area contributed by atoms with E-state index in [2.05, 4.69) is 11.7 Å². The van der Waals surface area contributed by atoms with Crippen molar-refractivity contribution in [1.29, 1.82) is 0 Å². The van der Waals surface area contributed by atoms with Crippen LogP contribution in [0.4, 0.5) is 13.2 Å². The molecular formula is C19H25F3O5. The molecule has 0 aromatic heterocycles. The zero-order valence-corrected chi connectivity index (χ0v) is 15.2. The van der Waals surface area contributed by atoms with E-state index in [0.717, 1.165) is 12.8 Å². The van der Waals surface area contributed by atoms with Gasteiger partial charge in [-0.05, 0) is 18.6 Å². The van der Waals surface area contributed by atoms with Gasteiger partial charge >= 0.3 is 6.36 Å². The number of unbranched alkanes of at least 4 members (excludes halogenated alkanes) is 1. The molecule has 0 N–H and O–H groups in total. The quantitative estimate of drug-likeness (QED) is 0.719. The van der Waals surface area contributed by atoms with Crippen LogP contribution in [0.3, 0.4) is 0 Å². The molecule has 0 aliphatic carbocycles. The maximum absolute atomic E-state index is 12.2. The Morgan fingerprint density at radius 3 is 2.15 bits per heavy atom. The van der Waals surface area contributed by atoms with Crippen LogP contribution in [0, 0.1) is 11.8 Å². The van der Waals surface area contributed by atoms with Crippen molar-refractivity contribution < 1.29 is 36.9 Å². The van der Waals surface area contributed by atoms with E-state index in [1.54, 1.807) is 0 Å². The van der Waals surface area contributed by atoms with Crippen molar-refractivity contribution in [3.63, 3.8) is 0 Å². The number of alkyl halides is 3. The van der Waals surface area contributed by atoms with Crippen LogP contribution in [0.5, 0.6) is 5.75 Å². The summed E-state index contributed by atoms with van der Waals surface area (Å²) in [6.45, 7) is 4.33. The van der Waals surface area contributed by atoms with Gasteiger partial charge in [0.2, 0.25) is 0 Å². The van der Waals surface area contributed by atoms with Gasteiger partial charge in [-0.25, -0.2) is 0 Å². The van der Waals surface area contributed by atoms with Crippen LogP contribution in [-0.4, -0.2) is 39.1 Å². The maximum Gasteiger partial charge on any atom is 0.573 e. The first-order chi connectivity index (χ1) is 12.9. The molecule has 5 nitrogen and oxygen atoms in total. The molecule has 1 aromatic carbocycles. The molecular weight excluding hydrogens is 365 g/mol. The Morgan fingerprint density at radius 1 is 0.963 bits per heavy atom. The minimum atomic E-state index is -4.71. The van der Waals surface area contributed by atoms with E-state index in [1.165, 1.54) is 30.7 Å². The molecule has 2 saturated heterocycles. The zero-order valence-electron chi connectivity index (χ0n) is 15.2. The van der Waals surface area contributed by atoms with Crippen molar-refractivity contribution >= 4 is 0 Å². The summed E-state index contributed by atoms with van der Waals surface area (Å²) in [5.74, 6) is 0.139. The number of hydrogen-bond acceptors (Lipinski definition) is 5. The Bertz CT molecular complexity index is 562. The average Bonchev–Trinajstić information content (AvgIpc) is 2.66. The number of ether oxygens (including phenoxy) is 5. The van der Waals surface area contributed by atoms with E-state index in [0.29, 0.717) is 37.9 Å². The number of rotatable bonds is 6. The lowest BCUT2D eigenvalue weighted by Crippen LogP contribution is -2.43. The molecule has 3 rings (SSSR count). The normalized spacial score (nSPS) is 29.5. The summed E-state index contributed by atoms with van der Waals surface area (Å²) in [7, 11) is 0. The SMILES string of the molecule is CCCCC1COC(C2COC(c3ccc(OC(F)(F)F)cc3)OC2)OC1. The second-order valence-electron chi connectivity index (χ2n) is 6.92. The van der Waals surface area contributed by atoms with Gasteiger partial charge in [0, 0.05) is 11.5 Å². The van der Waals surface area contributed by atoms with Crippen LogP contribution in [0.15, 0.2) is 24.3 Å². The Labute approximate surface area is 156 Å². The van der Waals surface area contributed by atoms with Gasteiger partial charge in [-0.1, -0.05) is 31.9 Å². The van der Waals surface area contributed by atoms with Crippen LogP contribution in [0.1, 0.15) is 38.0 Å². The highest BCUT2D eigenvalue weighted by atomic mass is 19.4. The van der Waals surface area contributed by atoms with E-state index < -0.39 is 12.7 Å².